The number of benzene rings is 1. The molecule has 1 amide bonds. The maximum absolute atomic E-state index is 12.0. The Labute approximate surface area is 187 Å². The Balaban J connectivity index is 1.41. The van der Waals surface area contributed by atoms with E-state index in [-0.39, 0.29) is 23.7 Å². The third kappa shape index (κ3) is 5.61. The molecule has 3 aliphatic rings. The number of likely N-dealkylation sites (tertiary alicyclic amines) is 1. The fourth-order valence-electron chi connectivity index (χ4n) is 6.03. The van der Waals surface area contributed by atoms with Crippen LogP contribution in [0, 0.1) is 11.8 Å². The predicted octanol–water partition coefficient (Wildman–Crippen LogP) is 4.71. The van der Waals surface area contributed by atoms with Gasteiger partial charge >= 0.3 is 0 Å². The fraction of sp³-hybridized carbons (Fsp3) is 0.731. The minimum absolute atomic E-state index is 0.0171. The largest absolute Gasteiger partial charge is 0.494 e. The first-order valence-electron chi connectivity index (χ1n) is 12.3. The Hall–Kier alpha value is -1.59. The molecule has 2 saturated heterocycles. The van der Waals surface area contributed by atoms with Gasteiger partial charge in [0.05, 0.1) is 18.8 Å². The van der Waals surface area contributed by atoms with Crippen LogP contribution in [-0.4, -0.2) is 48.7 Å². The number of nitrogens with zero attached hydrogens (tertiary/aromatic N) is 1. The van der Waals surface area contributed by atoms with Gasteiger partial charge in [0.2, 0.25) is 5.91 Å². The second kappa shape index (κ2) is 9.91. The van der Waals surface area contributed by atoms with Crippen LogP contribution in [0.5, 0.6) is 5.75 Å². The summed E-state index contributed by atoms with van der Waals surface area (Å²) in [7, 11) is 0. The van der Waals surface area contributed by atoms with Gasteiger partial charge in [-0.25, -0.2) is 0 Å². The molecule has 0 unspecified atom stereocenters. The maximum atomic E-state index is 12.0. The van der Waals surface area contributed by atoms with E-state index in [0.717, 1.165) is 50.1 Å². The highest BCUT2D eigenvalue weighted by atomic mass is 16.5. The maximum Gasteiger partial charge on any atom is 0.217 e. The zero-order valence-electron chi connectivity index (χ0n) is 19.6. The van der Waals surface area contributed by atoms with Crippen molar-refractivity contribution in [2.24, 2.45) is 11.8 Å². The Bertz CT molecular complexity index is 748. The highest BCUT2D eigenvalue weighted by Crippen LogP contribution is 2.48. The van der Waals surface area contributed by atoms with Crippen molar-refractivity contribution in [2.45, 2.75) is 83.5 Å². The van der Waals surface area contributed by atoms with Crippen molar-refractivity contribution in [2.75, 3.05) is 26.2 Å². The van der Waals surface area contributed by atoms with Gasteiger partial charge in [0.25, 0.3) is 0 Å². The third-order valence-electron chi connectivity index (χ3n) is 7.60. The molecule has 1 aliphatic carbocycles. The Morgan fingerprint density at radius 2 is 2.10 bits per heavy atom. The van der Waals surface area contributed by atoms with Crippen molar-refractivity contribution in [3.8, 4) is 5.75 Å². The lowest BCUT2D eigenvalue weighted by atomic mass is 9.66. The van der Waals surface area contributed by atoms with Crippen molar-refractivity contribution in [1.29, 1.82) is 0 Å². The van der Waals surface area contributed by atoms with Crippen LogP contribution in [0.2, 0.25) is 0 Å². The van der Waals surface area contributed by atoms with Crippen molar-refractivity contribution in [1.82, 2.24) is 10.2 Å². The molecule has 0 spiro atoms. The lowest BCUT2D eigenvalue weighted by Gasteiger charge is -2.52. The van der Waals surface area contributed by atoms with Gasteiger partial charge in [-0.05, 0) is 75.7 Å². The molecule has 31 heavy (non-hydrogen) atoms. The summed E-state index contributed by atoms with van der Waals surface area (Å²) in [5, 5.41) is 3.30. The number of carbonyl (C=O) groups excluding carboxylic acids is 1. The molecule has 0 radical (unpaired) electrons. The standard InChI is InChI=1S/C26H40N2O3/c1-19-10-11-23-24(16-19)31-25(18-26(23,3)27-20(2)29)21-8-6-9-22(17-21)30-15-7-14-28-12-4-5-13-28/h6,8-9,17,19,23-25H,4-5,7,10-16,18H2,1-3H3,(H,27,29)/t19-,23-,24-,25-,26-/m1/s1. The van der Waals surface area contributed by atoms with Crippen LogP contribution < -0.4 is 10.1 Å². The Morgan fingerprint density at radius 3 is 2.87 bits per heavy atom. The summed E-state index contributed by atoms with van der Waals surface area (Å²) >= 11 is 0. The molecule has 1 aromatic carbocycles. The summed E-state index contributed by atoms with van der Waals surface area (Å²) in [6.45, 7) is 10.5. The first kappa shape index (κ1) is 22.6. The number of ether oxygens (including phenoxy) is 2. The number of amides is 1. The third-order valence-corrected chi connectivity index (χ3v) is 7.60. The number of fused-ring (bicyclic) bond motifs is 1. The van der Waals surface area contributed by atoms with Crippen molar-refractivity contribution in [3.05, 3.63) is 29.8 Å². The lowest BCUT2D eigenvalue weighted by Crippen LogP contribution is -2.60. The highest BCUT2D eigenvalue weighted by Gasteiger charge is 2.49. The summed E-state index contributed by atoms with van der Waals surface area (Å²) in [4.78, 5) is 14.5. The number of carbonyl (C=O) groups is 1. The average Bonchev–Trinajstić information content (AvgIpc) is 3.24. The molecule has 0 bridgehead atoms. The SMILES string of the molecule is CC(=O)N[C@]1(C)C[C@H](c2cccc(OCCCN3CCCC3)c2)O[C@@H]2C[C@H](C)CC[C@H]21. The number of nitrogens with one attached hydrogen (secondary N) is 1. The fourth-order valence-corrected chi connectivity index (χ4v) is 6.03. The molecule has 5 heteroatoms. The van der Waals surface area contributed by atoms with Crippen LogP contribution >= 0.6 is 0 Å². The molecule has 0 aromatic heterocycles. The summed E-state index contributed by atoms with van der Waals surface area (Å²) in [6.07, 6.45) is 8.13. The van der Waals surface area contributed by atoms with Crippen LogP contribution in [-0.2, 0) is 9.53 Å². The molecule has 1 aromatic rings. The quantitative estimate of drug-likeness (QED) is 0.639. The van der Waals surface area contributed by atoms with Gasteiger partial charge in [0.1, 0.15) is 5.75 Å². The van der Waals surface area contributed by atoms with Gasteiger partial charge in [-0.3, -0.25) is 4.79 Å². The highest BCUT2D eigenvalue weighted by molar-refractivity contribution is 5.73. The van der Waals surface area contributed by atoms with Gasteiger partial charge in [0, 0.05) is 31.3 Å². The summed E-state index contributed by atoms with van der Waals surface area (Å²) in [6, 6.07) is 8.39. The van der Waals surface area contributed by atoms with Crippen LogP contribution in [0.25, 0.3) is 0 Å². The predicted molar refractivity (Wildman–Crippen MR) is 123 cm³/mol. The van der Waals surface area contributed by atoms with Crippen LogP contribution in [0.1, 0.15) is 77.4 Å². The van der Waals surface area contributed by atoms with Gasteiger partial charge in [-0.2, -0.15) is 0 Å². The molecule has 4 rings (SSSR count). The molecule has 1 N–H and O–H groups in total. The number of hydrogen-bond acceptors (Lipinski definition) is 4. The van der Waals surface area contributed by atoms with E-state index in [1.807, 2.05) is 6.07 Å². The lowest BCUT2D eigenvalue weighted by molar-refractivity contribution is -0.153. The Morgan fingerprint density at radius 1 is 1.29 bits per heavy atom. The second-order valence-corrected chi connectivity index (χ2v) is 10.3. The van der Waals surface area contributed by atoms with E-state index in [1.165, 1.54) is 32.4 Å². The van der Waals surface area contributed by atoms with Gasteiger partial charge in [-0.15, -0.1) is 0 Å². The molecular weight excluding hydrogens is 388 g/mol. The van der Waals surface area contributed by atoms with Crippen LogP contribution in [0.4, 0.5) is 0 Å². The molecule has 2 aliphatic heterocycles. The van der Waals surface area contributed by atoms with E-state index in [1.54, 1.807) is 6.92 Å². The van der Waals surface area contributed by atoms with Crippen molar-refractivity contribution >= 4 is 5.91 Å². The van der Waals surface area contributed by atoms with E-state index in [4.69, 9.17) is 9.47 Å². The van der Waals surface area contributed by atoms with Gasteiger partial charge in [0.15, 0.2) is 0 Å². The first-order chi connectivity index (χ1) is 14.9. The number of rotatable bonds is 7. The van der Waals surface area contributed by atoms with Crippen molar-refractivity contribution < 1.29 is 14.3 Å². The normalized spacial score (nSPS) is 33.6. The average molecular weight is 429 g/mol. The Kier molecular flexibility index (Phi) is 7.22. The molecule has 5 nitrogen and oxygen atoms in total. The van der Waals surface area contributed by atoms with E-state index < -0.39 is 0 Å². The zero-order valence-corrected chi connectivity index (χ0v) is 19.6. The summed E-state index contributed by atoms with van der Waals surface area (Å²) < 4.78 is 12.7. The molecule has 172 valence electrons. The minimum atomic E-state index is -0.230. The van der Waals surface area contributed by atoms with Crippen LogP contribution in [0.3, 0.4) is 0 Å². The van der Waals surface area contributed by atoms with Crippen molar-refractivity contribution in [3.63, 3.8) is 0 Å². The second-order valence-electron chi connectivity index (χ2n) is 10.3. The zero-order chi connectivity index (χ0) is 21.8. The van der Waals surface area contributed by atoms with E-state index in [2.05, 4.69) is 42.3 Å². The molecule has 3 fully saturated rings. The molecular formula is C26H40N2O3. The van der Waals surface area contributed by atoms with Crippen LogP contribution in [0.15, 0.2) is 24.3 Å². The van der Waals surface area contributed by atoms with E-state index in [9.17, 15) is 4.79 Å². The molecule has 2 heterocycles. The smallest absolute Gasteiger partial charge is 0.217 e. The van der Waals surface area contributed by atoms with E-state index >= 15 is 0 Å². The summed E-state index contributed by atoms with van der Waals surface area (Å²) in [5.41, 5.74) is 0.928. The monoisotopic (exact) mass is 428 g/mol. The van der Waals surface area contributed by atoms with Gasteiger partial charge < -0.3 is 19.7 Å². The minimum Gasteiger partial charge on any atom is -0.494 e. The van der Waals surface area contributed by atoms with Gasteiger partial charge in [-0.1, -0.05) is 25.5 Å². The first-order valence-corrected chi connectivity index (χ1v) is 12.3. The molecule has 5 atom stereocenters. The van der Waals surface area contributed by atoms with E-state index in [0.29, 0.717) is 11.8 Å². The molecule has 1 saturated carbocycles. The number of hydrogen-bond donors (Lipinski definition) is 1. The summed E-state index contributed by atoms with van der Waals surface area (Å²) in [5.74, 6) is 2.03. The topological polar surface area (TPSA) is 50.8 Å².